The zero-order valence-corrected chi connectivity index (χ0v) is 14.0. The van der Waals surface area contributed by atoms with Crippen LogP contribution in [0.3, 0.4) is 0 Å². The van der Waals surface area contributed by atoms with Gasteiger partial charge in [0.05, 0.1) is 0 Å². The molecule has 2 rings (SSSR count). The van der Waals surface area contributed by atoms with E-state index in [1.54, 1.807) is 19.1 Å². The minimum atomic E-state index is -0.791. The number of rotatable bonds is 6. The predicted molar refractivity (Wildman–Crippen MR) is 92.0 cm³/mol. The highest BCUT2D eigenvalue weighted by Crippen LogP contribution is 2.17. The Balaban J connectivity index is 1.82. The molecule has 0 saturated carbocycles. The van der Waals surface area contributed by atoms with E-state index in [4.69, 9.17) is 9.47 Å². The first-order valence-electron chi connectivity index (χ1n) is 7.72. The van der Waals surface area contributed by atoms with Crippen LogP contribution in [0.25, 0.3) is 0 Å². The summed E-state index contributed by atoms with van der Waals surface area (Å²) >= 11 is 0. The Morgan fingerprint density at radius 2 is 1.75 bits per heavy atom. The van der Waals surface area contributed by atoms with Gasteiger partial charge in [0.15, 0.2) is 12.7 Å². The highest BCUT2D eigenvalue weighted by molar-refractivity contribution is 5.93. The minimum Gasteiger partial charge on any atom is -0.479 e. The summed E-state index contributed by atoms with van der Waals surface area (Å²) in [6.45, 7) is 5.12. The van der Waals surface area contributed by atoms with Gasteiger partial charge in [0.2, 0.25) is 0 Å². The Bertz CT molecular complexity index is 713. The predicted octanol–water partition coefficient (Wildman–Crippen LogP) is 3.25. The van der Waals surface area contributed by atoms with Crippen LogP contribution in [0.2, 0.25) is 0 Å². The minimum absolute atomic E-state index is 0.352. The largest absolute Gasteiger partial charge is 0.479 e. The molecular weight excluding hydrogens is 306 g/mol. The Morgan fingerprint density at radius 1 is 1.04 bits per heavy atom. The molecule has 2 aromatic carbocycles. The number of benzene rings is 2. The zero-order chi connectivity index (χ0) is 17.5. The number of carbonyl (C=O) groups is 2. The third-order valence-electron chi connectivity index (χ3n) is 3.61. The fraction of sp³-hybridized carbons (Fsp3) is 0.263. The molecule has 1 N–H and O–H groups in total. The molecule has 0 fully saturated rings. The first kappa shape index (κ1) is 17.5. The van der Waals surface area contributed by atoms with Crippen molar-refractivity contribution >= 4 is 17.6 Å². The Hall–Kier alpha value is -2.82. The van der Waals surface area contributed by atoms with Crippen LogP contribution >= 0.6 is 0 Å². The van der Waals surface area contributed by atoms with Crippen molar-refractivity contribution in [2.45, 2.75) is 26.9 Å². The molecule has 0 aliphatic rings. The number of aryl methyl sites for hydroxylation is 1. The number of carbonyl (C=O) groups excluding carboxylic acids is 2. The van der Waals surface area contributed by atoms with E-state index in [2.05, 4.69) is 5.32 Å². The van der Waals surface area contributed by atoms with Crippen molar-refractivity contribution < 1.29 is 19.1 Å². The molecule has 0 saturated heterocycles. The third kappa shape index (κ3) is 4.84. The maximum absolute atomic E-state index is 11.9. The fourth-order valence-electron chi connectivity index (χ4n) is 2.08. The van der Waals surface area contributed by atoms with Crippen molar-refractivity contribution in [2.24, 2.45) is 0 Å². The first-order valence-corrected chi connectivity index (χ1v) is 7.72. The van der Waals surface area contributed by atoms with E-state index >= 15 is 0 Å². The molecule has 5 heteroatoms. The van der Waals surface area contributed by atoms with Crippen LogP contribution in [0.15, 0.2) is 48.5 Å². The molecule has 1 amide bonds. The summed E-state index contributed by atoms with van der Waals surface area (Å²) in [7, 11) is 0. The molecule has 0 spiro atoms. The molecule has 0 aliphatic carbocycles. The van der Waals surface area contributed by atoms with Crippen LogP contribution in [0.5, 0.6) is 5.75 Å². The van der Waals surface area contributed by atoms with Gasteiger partial charge in [-0.05, 0) is 50.1 Å². The van der Waals surface area contributed by atoms with E-state index in [1.807, 2.05) is 50.2 Å². The first-order chi connectivity index (χ1) is 11.5. The summed E-state index contributed by atoms with van der Waals surface area (Å²) < 4.78 is 10.5. The average molecular weight is 327 g/mol. The number of anilines is 1. The monoisotopic (exact) mass is 327 g/mol. The van der Waals surface area contributed by atoms with Crippen LogP contribution < -0.4 is 10.1 Å². The molecule has 2 aromatic rings. The van der Waals surface area contributed by atoms with Crippen molar-refractivity contribution in [3.05, 3.63) is 59.7 Å². The summed E-state index contributed by atoms with van der Waals surface area (Å²) in [6.07, 6.45) is -0.791. The van der Waals surface area contributed by atoms with Gasteiger partial charge in [-0.1, -0.05) is 30.3 Å². The van der Waals surface area contributed by atoms with Crippen LogP contribution in [0, 0.1) is 13.8 Å². The number of para-hydroxylation sites is 1. The Kier molecular flexibility index (Phi) is 5.95. The van der Waals surface area contributed by atoms with E-state index in [0.717, 1.165) is 11.1 Å². The van der Waals surface area contributed by atoms with Gasteiger partial charge >= 0.3 is 5.97 Å². The normalized spacial score (nSPS) is 11.5. The van der Waals surface area contributed by atoms with Gasteiger partial charge in [-0.2, -0.15) is 0 Å². The summed E-state index contributed by atoms with van der Waals surface area (Å²) in [5, 5.41) is 2.74. The van der Waals surface area contributed by atoms with Gasteiger partial charge in [-0.3, -0.25) is 4.79 Å². The molecule has 0 bridgehead atoms. The summed E-state index contributed by atoms with van der Waals surface area (Å²) in [5.41, 5.74) is 2.78. The number of hydrogen-bond acceptors (Lipinski definition) is 4. The van der Waals surface area contributed by atoms with Gasteiger partial charge in [0.25, 0.3) is 5.91 Å². The van der Waals surface area contributed by atoms with Crippen molar-refractivity contribution in [1.29, 1.82) is 0 Å². The highest BCUT2D eigenvalue weighted by atomic mass is 16.6. The molecular formula is C19H21NO4. The molecule has 126 valence electrons. The fourth-order valence-corrected chi connectivity index (χ4v) is 2.08. The van der Waals surface area contributed by atoms with Gasteiger partial charge in [0.1, 0.15) is 5.75 Å². The second kappa shape index (κ2) is 8.15. The van der Waals surface area contributed by atoms with E-state index in [-0.39, 0.29) is 12.5 Å². The molecule has 5 nitrogen and oxygen atoms in total. The lowest BCUT2D eigenvalue weighted by Crippen LogP contribution is -2.29. The topological polar surface area (TPSA) is 64.6 Å². The standard InChI is InChI=1S/C19H21NO4/c1-13-8-7-11-17(14(13)2)20-18(21)12-23-19(22)15(3)24-16-9-5-4-6-10-16/h4-11,15H,12H2,1-3H3,(H,20,21)/t15-/m1/s1. The van der Waals surface area contributed by atoms with Crippen molar-refractivity contribution in [3.63, 3.8) is 0 Å². The van der Waals surface area contributed by atoms with E-state index in [1.165, 1.54) is 0 Å². The number of amides is 1. The van der Waals surface area contributed by atoms with Crippen LogP contribution in [0.4, 0.5) is 5.69 Å². The number of ether oxygens (including phenoxy) is 2. The molecule has 24 heavy (non-hydrogen) atoms. The summed E-state index contributed by atoms with van der Waals surface area (Å²) in [6, 6.07) is 14.6. The third-order valence-corrected chi connectivity index (χ3v) is 3.61. The number of esters is 1. The molecule has 0 heterocycles. The SMILES string of the molecule is Cc1cccc(NC(=O)COC(=O)[C@@H](C)Oc2ccccc2)c1C. The van der Waals surface area contributed by atoms with Crippen molar-refractivity contribution in [1.82, 2.24) is 0 Å². The van der Waals surface area contributed by atoms with Crippen LogP contribution in [0.1, 0.15) is 18.1 Å². The van der Waals surface area contributed by atoms with E-state index in [9.17, 15) is 9.59 Å². The molecule has 0 unspecified atom stereocenters. The van der Waals surface area contributed by atoms with Crippen molar-refractivity contribution in [2.75, 3.05) is 11.9 Å². The summed E-state index contributed by atoms with van der Waals surface area (Å²) in [4.78, 5) is 23.8. The number of hydrogen-bond donors (Lipinski definition) is 1. The maximum atomic E-state index is 11.9. The smallest absolute Gasteiger partial charge is 0.347 e. The lowest BCUT2D eigenvalue weighted by Gasteiger charge is -2.14. The van der Waals surface area contributed by atoms with Gasteiger partial charge in [-0.25, -0.2) is 4.79 Å². The Morgan fingerprint density at radius 3 is 2.46 bits per heavy atom. The van der Waals surface area contributed by atoms with Crippen LogP contribution in [-0.2, 0) is 14.3 Å². The maximum Gasteiger partial charge on any atom is 0.347 e. The second-order valence-electron chi connectivity index (χ2n) is 5.48. The zero-order valence-electron chi connectivity index (χ0n) is 14.0. The average Bonchev–Trinajstić information content (AvgIpc) is 2.57. The lowest BCUT2D eigenvalue weighted by atomic mass is 10.1. The molecule has 1 atom stereocenters. The second-order valence-corrected chi connectivity index (χ2v) is 5.48. The Labute approximate surface area is 141 Å². The van der Waals surface area contributed by atoms with Gasteiger partial charge in [0, 0.05) is 5.69 Å². The van der Waals surface area contributed by atoms with E-state index in [0.29, 0.717) is 11.4 Å². The van der Waals surface area contributed by atoms with Crippen molar-refractivity contribution in [3.8, 4) is 5.75 Å². The van der Waals surface area contributed by atoms with Crippen LogP contribution in [-0.4, -0.2) is 24.6 Å². The van der Waals surface area contributed by atoms with E-state index < -0.39 is 12.1 Å². The molecule has 0 radical (unpaired) electrons. The van der Waals surface area contributed by atoms with Gasteiger partial charge < -0.3 is 14.8 Å². The summed E-state index contributed by atoms with van der Waals surface area (Å²) in [5.74, 6) is -0.402. The highest BCUT2D eigenvalue weighted by Gasteiger charge is 2.18. The molecule has 0 aliphatic heterocycles. The van der Waals surface area contributed by atoms with Gasteiger partial charge in [-0.15, -0.1) is 0 Å². The lowest BCUT2D eigenvalue weighted by molar-refractivity contribution is -0.153. The quantitative estimate of drug-likeness (QED) is 0.827. The molecule has 0 aromatic heterocycles. The number of nitrogens with one attached hydrogen (secondary N) is 1.